The third-order valence-corrected chi connectivity index (χ3v) is 2.92. The van der Waals surface area contributed by atoms with E-state index in [1.54, 1.807) is 4.68 Å². The normalized spacial score (nSPS) is 10.6. The van der Waals surface area contributed by atoms with Gasteiger partial charge in [-0.1, -0.05) is 19.1 Å². The number of rotatable bonds is 6. The quantitative estimate of drug-likeness (QED) is 0.878. The lowest BCUT2D eigenvalue weighted by atomic mass is 10.3. The van der Waals surface area contributed by atoms with E-state index in [0.717, 1.165) is 18.7 Å². The highest BCUT2D eigenvalue weighted by molar-refractivity contribution is 5.55. The van der Waals surface area contributed by atoms with Crippen LogP contribution in [0.1, 0.15) is 26.0 Å². The van der Waals surface area contributed by atoms with Crippen LogP contribution in [-0.2, 0) is 6.54 Å². The Balaban J connectivity index is 2.34. The molecule has 1 aromatic carbocycles. The Kier molecular flexibility index (Phi) is 4.50. The van der Waals surface area contributed by atoms with Gasteiger partial charge in [-0.25, -0.2) is 4.68 Å². The van der Waals surface area contributed by atoms with E-state index in [1.807, 2.05) is 38.1 Å². The van der Waals surface area contributed by atoms with E-state index in [0.29, 0.717) is 29.7 Å². The maximum atomic E-state index is 6.06. The number of nitrogens with zero attached hydrogens (tertiary/aromatic N) is 2. The summed E-state index contributed by atoms with van der Waals surface area (Å²) in [5.41, 5.74) is 7.41. The lowest BCUT2D eigenvalue weighted by Crippen LogP contribution is -2.03. The third-order valence-electron chi connectivity index (χ3n) is 2.92. The minimum Gasteiger partial charge on any atom is -0.490 e. The molecule has 1 aromatic heterocycles. The van der Waals surface area contributed by atoms with Crippen molar-refractivity contribution in [1.29, 1.82) is 0 Å². The smallest absolute Gasteiger partial charge is 0.241 e. The van der Waals surface area contributed by atoms with Gasteiger partial charge in [-0.05, 0) is 32.4 Å². The molecule has 0 bridgehead atoms. The van der Waals surface area contributed by atoms with Gasteiger partial charge >= 0.3 is 0 Å². The van der Waals surface area contributed by atoms with Crippen molar-refractivity contribution in [1.82, 2.24) is 9.78 Å². The number of hydrogen-bond acceptors (Lipinski definition) is 4. The van der Waals surface area contributed by atoms with E-state index in [9.17, 15) is 0 Å². The first-order valence-corrected chi connectivity index (χ1v) is 6.89. The Morgan fingerprint density at radius 1 is 1.20 bits per heavy atom. The zero-order valence-electron chi connectivity index (χ0n) is 12.2. The average molecular weight is 275 g/mol. The minimum atomic E-state index is 0.574. The van der Waals surface area contributed by atoms with Gasteiger partial charge in [0.1, 0.15) is 5.69 Å². The second-order valence-electron chi connectivity index (χ2n) is 4.51. The van der Waals surface area contributed by atoms with E-state index in [2.05, 4.69) is 12.0 Å². The summed E-state index contributed by atoms with van der Waals surface area (Å²) in [5, 5.41) is 4.40. The van der Waals surface area contributed by atoms with Crippen molar-refractivity contribution >= 4 is 5.69 Å². The van der Waals surface area contributed by atoms with Crippen LogP contribution >= 0.6 is 0 Å². The molecule has 2 rings (SSSR count). The summed E-state index contributed by atoms with van der Waals surface area (Å²) in [6, 6.07) is 7.56. The van der Waals surface area contributed by atoms with Crippen molar-refractivity contribution in [2.24, 2.45) is 0 Å². The first-order valence-electron chi connectivity index (χ1n) is 6.89. The number of anilines is 1. The van der Waals surface area contributed by atoms with E-state index >= 15 is 0 Å². The third kappa shape index (κ3) is 2.87. The molecule has 0 saturated heterocycles. The SMILES string of the molecule is CCCn1nc(C)c(N)c1Oc1ccccc1OCC. The van der Waals surface area contributed by atoms with Crippen LogP contribution < -0.4 is 15.2 Å². The molecule has 0 saturated carbocycles. The molecule has 20 heavy (non-hydrogen) atoms. The number of nitrogens with two attached hydrogens (primary N) is 1. The van der Waals surface area contributed by atoms with Crippen LogP contribution in [0.2, 0.25) is 0 Å². The monoisotopic (exact) mass is 275 g/mol. The van der Waals surface area contributed by atoms with Crippen LogP contribution in [0.25, 0.3) is 0 Å². The maximum Gasteiger partial charge on any atom is 0.241 e. The van der Waals surface area contributed by atoms with Crippen molar-refractivity contribution in [3.05, 3.63) is 30.0 Å². The largest absolute Gasteiger partial charge is 0.490 e. The molecule has 0 fully saturated rings. The Hall–Kier alpha value is -2.17. The molecule has 0 amide bonds. The van der Waals surface area contributed by atoms with Crippen molar-refractivity contribution in [2.45, 2.75) is 33.7 Å². The van der Waals surface area contributed by atoms with E-state index in [4.69, 9.17) is 15.2 Å². The van der Waals surface area contributed by atoms with Crippen LogP contribution in [0.15, 0.2) is 24.3 Å². The second kappa shape index (κ2) is 6.32. The van der Waals surface area contributed by atoms with Gasteiger partial charge in [0.15, 0.2) is 11.5 Å². The number of hydrogen-bond donors (Lipinski definition) is 1. The van der Waals surface area contributed by atoms with Gasteiger partial charge in [0.25, 0.3) is 0 Å². The summed E-state index contributed by atoms with van der Waals surface area (Å²) in [4.78, 5) is 0. The first-order chi connectivity index (χ1) is 9.67. The lowest BCUT2D eigenvalue weighted by Gasteiger charge is -2.12. The predicted molar refractivity (Wildman–Crippen MR) is 79.4 cm³/mol. The van der Waals surface area contributed by atoms with Gasteiger partial charge in [-0.15, -0.1) is 0 Å². The molecule has 0 atom stereocenters. The molecule has 1 heterocycles. The zero-order valence-corrected chi connectivity index (χ0v) is 12.2. The molecule has 0 aliphatic carbocycles. The predicted octanol–water partition coefficient (Wildman–Crippen LogP) is 3.37. The van der Waals surface area contributed by atoms with Crippen molar-refractivity contribution in [3.8, 4) is 17.4 Å². The summed E-state index contributed by atoms with van der Waals surface area (Å²) in [6.07, 6.45) is 0.962. The van der Waals surface area contributed by atoms with Gasteiger partial charge < -0.3 is 15.2 Å². The van der Waals surface area contributed by atoms with Gasteiger partial charge in [-0.3, -0.25) is 0 Å². The van der Waals surface area contributed by atoms with Crippen LogP contribution in [0.4, 0.5) is 5.69 Å². The van der Waals surface area contributed by atoms with Crippen LogP contribution in [0.3, 0.4) is 0 Å². The van der Waals surface area contributed by atoms with Crippen LogP contribution in [-0.4, -0.2) is 16.4 Å². The fraction of sp³-hybridized carbons (Fsp3) is 0.400. The molecule has 0 aliphatic rings. The molecule has 108 valence electrons. The number of para-hydroxylation sites is 2. The molecule has 2 N–H and O–H groups in total. The molecule has 5 nitrogen and oxygen atoms in total. The van der Waals surface area contributed by atoms with Gasteiger partial charge in [0.2, 0.25) is 5.88 Å². The molecular weight excluding hydrogens is 254 g/mol. The van der Waals surface area contributed by atoms with Crippen molar-refractivity contribution < 1.29 is 9.47 Å². The second-order valence-corrected chi connectivity index (χ2v) is 4.51. The molecule has 0 unspecified atom stereocenters. The highest BCUT2D eigenvalue weighted by Crippen LogP contribution is 2.35. The van der Waals surface area contributed by atoms with Crippen molar-refractivity contribution in [2.75, 3.05) is 12.3 Å². The van der Waals surface area contributed by atoms with E-state index in [1.165, 1.54) is 0 Å². The minimum absolute atomic E-state index is 0.574. The summed E-state index contributed by atoms with van der Waals surface area (Å²) in [6.45, 7) is 7.26. The molecular formula is C15H21N3O2. The molecule has 0 aliphatic heterocycles. The van der Waals surface area contributed by atoms with Crippen LogP contribution in [0, 0.1) is 6.92 Å². The van der Waals surface area contributed by atoms with E-state index in [-0.39, 0.29) is 0 Å². The van der Waals surface area contributed by atoms with Gasteiger partial charge in [0.05, 0.1) is 12.3 Å². The average Bonchev–Trinajstić information content (AvgIpc) is 2.69. The molecule has 5 heteroatoms. The van der Waals surface area contributed by atoms with E-state index < -0.39 is 0 Å². The maximum absolute atomic E-state index is 6.06. The van der Waals surface area contributed by atoms with Gasteiger partial charge in [-0.2, -0.15) is 5.10 Å². The Labute approximate surface area is 119 Å². The summed E-state index contributed by atoms with van der Waals surface area (Å²) >= 11 is 0. The number of aryl methyl sites for hydroxylation is 2. The Morgan fingerprint density at radius 2 is 1.90 bits per heavy atom. The summed E-state index contributed by atoms with van der Waals surface area (Å²) in [5.74, 6) is 1.94. The number of benzene rings is 1. The van der Waals surface area contributed by atoms with Crippen molar-refractivity contribution in [3.63, 3.8) is 0 Å². The first kappa shape index (κ1) is 14.2. The Bertz CT molecular complexity index is 578. The highest BCUT2D eigenvalue weighted by Gasteiger charge is 2.16. The molecule has 0 spiro atoms. The van der Waals surface area contributed by atoms with Gasteiger partial charge in [0, 0.05) is 6.54 Å². The summed E-state index contributed by atoms with van der Waals surface area (Å²) in [7, 11) is 0. The molecule has 0 radical (unpaired) electrons. The number of nitrogen functional groups attached to an aromatic ring is 1. The zero-order chi connectivity index (χ0) is 14.5. The fourth-order valence-corrected chi connectivity index (χ4v) is 1.96. The Morgan fingerprint density at radius 3 is 2.55 bits per heavy atom. The highest BCUT2D eigenvalue weighted by atomic mass is 16.5. The topological polar surface area (TPSA) is 62.3 Å². The summed E-state index contributed by atoms with van der Waals surface area (Å²) < 4.78 is 13.3. The molecule has 2 aromatic rings. The standard InChI is InChI=1S/C15H21N3O2/c1-4-10-18-15(14(16)11(3)17-18)20-13-9-7-6-8-12(13)19-5-2/h6-9H,4-5,10,16H2,1-3H3. The number of aromatic nitrogens is 2. The fourth-order valence-electron chi connectivity index (χ4n) is 1.96. The van der Waals surface area contributed by atoms with Crippen LogP contribution in [0.5, 0.6) is 17.4 Å². The lowest BCUT2D eigenvalue weighted by molar-refractivity contribution is 0.315. The number of ether oxygens (including phenoxy) is 2.